The lowest BCUT2D eigenvalue weighted by Gasteiger charge is -2.30. The second-order valence-electron chi connectivity index (χ2n) is 5.63. The van der Waals surface area contributed by atoms with Gasteiger partial charge < -0.3 is 15.3 Å². The number of phenols is 1. The van der Waals surface area contributed by atoms with E-state index in [1.54, 1.807) is 6.07 Å². The maximum Gasteiger partial charge on any atom is 0.251 e. The van der Waals surface area contributed by atoms with Crippen LogP contribution in [0, 0.1) is 5.82 Å². The van der Waals surface area contributed by atoms with Gasteiger partial charge in [0.05, 0.1) is 12.2 Å². The number of carbonyl (C=O) groups excluding carboxylic acids is 2. The molecule has 0 aliphatic carbocycles. The third kappa shape index (κ3) is 3.22. The predicted octanol–water partition coefficient (Wildman–Crippen LogP) is 2.24. The Morgan fingerprint density at radius 1 is 1.21 bits per heavy atom. The number of nitrogens with one attached hydrogen (secondary N) is 1. The van der Waals surface area contributed by atoms with Crippen molar-refractivity contribution >= 4 is 17.5 Å². The number of carbonyl (C=O) groups is 2. The molecule has 0 aromatic heterocycles. The average Bonchev–Trinajstić information content (AvgIpc) is 2.59. The zero-order chi connectivity index (χ0) is 17.1. The second kappa shape index (κ2) is 6.70. The molecule has 0 spiro atoms. The summed E-state index contributed by atoms with van der Waals surface area (Å²) in [7, 11) is 0. The normalized spacial score (nSPS) is 13.3. The van der Waals surface area contributed by atoms with Crippen molar-refractivity contribution in [3.63, 3.8) is 0 Å². The Kier molecular flexibility index (Phi) is 4.46. The van der Waals surface area contributed by atoms with Crippen LogP contribution in [-0.2, 0) is 11.2 Å². The summed E-state index contributed by atoms with van der Waals surface area (Å²) in [5.41, 5.74) is 1.57. The molecule has 2 aromatic carbocycles. The Morgan fingerprint density at radius 2 is 2.00 bits per heavy atom. The molecule has 24 heavy (non-hydrogen) atoms. The summed E-state index contributed by atoms with van der Waals surface area (Å²) >= 11 is 0. The molecule has 0 atom stereocenters. The molecule has 3 rings (SSSR count). The van der Waals surface area contributed by atoms with Gasteiger partial charge in [-0.05, 0) is 42.7 Å². The van der Waals surface area contributed by atoms with Crippen molar-refractivity contribution in [1.82, 2.24) is 5.32 Å². The Labute approximate surface area is 138 Å². The van der Waals surface area contributed by atoms with Crippen molar-refractivity contribution in [2.24, 2.45) is 0 Å². The first-order valence-corrected chi connectivity index (χ1v) is 7.71. The van der Waals surface area contributed by atoms with Crippen LogP contribution in [0.3, 0.4) is 0 Å². The van der Waals surface area contributed by atoms with Crippen LogP contribution >= 0.6 is 0 Å². The quantitative estimate of drug-likeness (QED) is 0.908. The van der Waals surface area contributed by atoms with E-state index in [2.05, 4.69) is 5.32 Å². The molecule has 2 aromatic rings. The maximum absolute atomic E-state index is 13.1. The van der Waals surface area contributed by atoms with Crippen LogP contribution in [-0.4, -0.2) is 30.0 Å². The van der Waals surface area contributed by atoms with Crippen LogP contribution in [0.5, 0.6) is 5.75 Å². The van der Waals surface area contributed by atoms with Crippen molar-refractivity contribution in [3.05, 3.63) is 59.4 Å². The summed E-state index contributed by atoms with van der Waals surface area (Å²) < 4.78 is 13.1. The molecule has 0 saturated heterocycles. The Balaban J connectivity index is 1.70. The summed E-state index contributed by atoms with van der Waals surface area (Å²) in [6, 6.07) is 10.4. The van der Waals surface area contributed by atoms with Gasteiger partial charge in [0.15, 0.2) is 0 Å². The van der Waals surface area contributed by atoms with Crippen LogP contribution in [0.4, 0.5) is 10.1 Å². The molecular formula is C18H17FN2O3. The van der Waals surface area contributed by atoms with Gasteiger partial charge in [-0.25, -0.2) is 4.39 Å². The van der Waals surface area contributed by atoms with E-state index in [0.29, 0.717) is 12.2 Å². The summed E-state index contributed by atoms with van der Waals surface area (Å²) in [4.78, 5) is 25.9. The number of benzene rings is 2. The van der Waals surface area contributed by atoms with Crippen molar-refractivity contribution in [2.45, 2.75) is 12.8 Å². The fourth-order valence-corrected chi connectivity index (χ4v) is 2.86. The van der Waals surface area contributed by atoms with Crippen molar-refractivity contribution < 1.29 is 19.1 Å². The molecule has 6 heteroatoms. The molecule has 0 saturated carbocycles. The number of para-hydroxylation sites is 1. The van der Waals surface area contributed by atoms with E-state index in [1.807, 2.05) is 6.07 Å². The number of halogens is 1. The molecule has 2 N–H and O–H groups in total. The molecule has 1 aliphatic heterocycles. The van der Waals surface area contributed by atoms with E-state index < -0.39 is 11.7 Å². The van der Waals surface area contributed by atoms with Crippen molar-refractivity contribution in [3.8, 4) is 5.75 Å². The predicted molar refractivity (Wildman–Crippen MR) is 87.5 cm³/mol. The van der Waals surface area contributed by atoms with Gasteiger partial charge in [-0.2, -0.15) is 0 Å². The standard InChI is InChI=1S/C18H17FN2O3/c19-14-7-1-5-13(10-14)18(24)20-11-16(23)21-9-3-6-12-4-2-8-15(22)17(12)21/h1-2,4-5,7-8,10,22H,3,6,9,11H2,(H,20,24). The zero-order valence-electron chi connectivity index (χ0n) is 13.0. The van der Waals surface area contributed by atoms with Crippen LogP contribution in [0.15, 0.2) is 42.5 Å². The zero-order valence-corrected chi connectivity index (χ0v) is 13.0. The topological polar surface area (TPSA) is 69.6 Å². The van der Waals surface area contributed by atoms with Crippen LogP contribution in [0.1, 0.15) is 22.3 Å². The van der Waals surface area contributed by atoms with Crippen LogP contribution in [0.25, 0.3) is 0 Å². The maximum atomic E-state index is 13.1. The molecular weight excluding hydrogens is 311 g/mol. The second-order valence-corrected chi connectivity index (χ2v) is 5.63. The third-order valence-electron chi connectivity index (χ3n) is 3.98. The van der Waals surface area contributed by atoms with Gasteiger partial charge in [0.1, 0.15) is 11.6 Å². The van der Waals surface area contributed by atoms with Gasteiger partial charge in [-0.1, -0.05) is 18.2 Å². The summed E-state index contributed by atoms with van der Waals surface area (Å²) in [5.74, 6) is -1.29. The molecule has 0 bridgehead atoms. The SMILES string of the molecule is O=C(NCC(=O)N1CCCc2cccc(O)c21)c1cccc(F)c1. The van der Waals surface area contributed by atoms with Gasteiger partial charge in [0, 0.05) is 12.1 Å². The van der Waals surface area contributed by atoms with Gasteiger partial charge in [-0.15, -0.1) is 0 Å². The first-order valence-electron chi connectivity index (χ1n) is 7.71. The lowest BCUT2D eigenvalue weighted by molar-refractivity contribution is -0.117. The highest BCUT2D eigenvalue weighted by Crippen LogP contribution is 2.35. The molecule has 1 heterocycles. The molecule has 5 nitrogen and oxygen atoms in total. The number of aromatic hydroxyl groups is 1. The van der Waals surface area contributed by atoms with Gasteiger partial charge in [-0.3, -0.25) is 9.59 Å². The minimum atomic E-state index is -0.516. The number of rotatable bonds is 3. The molecule has 124 valence electrons. The Bertz CT molecular complexity index is 792. The average molecular weight is 328 g/mol. The minimum Gasteiger partial charge on any atom is -0.506 e. The van der Waals surface area contributed by atoms with Gasteiger partial charge in [0.2, 0.25) is 5.91 Å². The molecule has 0 fully saturated rings. The first kappa shape index (κ1) is 16.0. The number of hydrogen-bond donors (Lipinski definition) is 2. The fraction of sp³-hybridized carbons (Fsp3) is 0.222. The van der Waals surface area contributed by atoms with E-state index in [4.69, 9.17) is 0 Å². The number of aryl methyl sites for hydroxylation is 1. The number of hydrogen-bond acceptors (Lipinski definition) is 3. The number of nitrogens with zero attached hydrogens (tertiary/aromatic N) is 1. The van der Waals surface area contributed by atoms with E-state index in [9.17, 15) is 19.1 Å². The number of amides is 2. The molecule has 1 aliphatic rings. The Hall–Kier alpha value is -2.89. The number of fused-ring (bicyclic) bond motifs is 1. The van der Waals surface area contributed by atoms with Gasteiger partial charge >= 0.3 is 0 Å². The minimum absolute atomic E-state index is 0.0528. The highest BCUT2D eigenvalue weighted by molar-refractivity contribution is 6.01. The molecule has 0 radical (unpaired) electrons. The number of phenolic OH excluding ortho intramolecular Hbond substituents is 1. The number of anilines is 1. The largest absolute Gasteiger partial charge is 0.506 e. The lowest BCUT2D eigenvalue weighted by atomic mass is 10.0. The van der Waals surface area contributed by atoms with Crippen LogP contribution in [0.2, 0.25) is 0 Å². The van der Waals surface area contributed by atoms with Crippen molar-refractivity contribution in [2.75, 3.05) is 18.0 Å². The highest BCUT2D eigenvalue weighted by Gasteiger charge is 2.25. The van der Waals surface area contributed by atoms with Gasteiger partial charge in [0.25, 0.3) is 5.91 Å². The Morgan fingerprint density at radius 3 is 2.79 bits per heavy atom. The molecule has 2 amide bonds. The van der Waals surface area contributed by atoms with E-state index in [1.165, 1.54) is 29.2 Å². The summed E-state index contributed by atoms with van der Waals surface area (Å²) in [6.45, 7) is 0.266. The summed E-state index contributed by atoms with van der Waals surface area (Å²) in [6.07, 6.45) is 1.59. The van der Waals surface area contributed by atoms with Crippen molar-refractivity contribution in [1.29, 1.82) is 0 Å². The van der Waals surface area contributed by atoms with E-state index >= 15 is 0 Å². The monoisotopic (exact) mass is 328 g/mol. The van der Waals surface area contributed by atoms with Crippen LogP contribution < -0.4 is 10.2 Å². The lowest BCUT2D eigenvalue weighted by Crippen LogP contribution is -2.42. The summed E-state index contributed by atoms with van der Waals surface area (Å²) in [5, 5.41) is 12.5. The molecule has 0 unspecified atom stereocenters. The van der Waals surface area contributed by atoms with E-state index in [-0.39, 0.29) is 23.8 Å². The highest BCUT2D eigenvalue weighted by atomic mass is 19.1. The smallest absolute Gasteiger partial charge is 0.251 e. The first-order chi connectivity index (χ1) is 11.6. The third-order valence-corrected chi connectivity index (χ3v) is 3.98. The van der Waals surface area contributed by atoms with E-state index in [0.717, 1.165) is 24.5 Å². The fourth-order valence-electron chi connectivity index (χ4n) is 2.86.